The summed E-state index contributed by atoms with van der Waals surface area (Å²) >= 11 is 5.03. The molecule has 1 nitrogen and oxygen atoms in total. The average molecular weight is 153 g/mol. The first-order valence-corrected chi connectivity index (χ1v) is 3.66. The second-order valence-corrected chi connectivity index (χ2v) is 3.00. The fourth-order valence-corrected chi connectivity index (χ4v) is 1.27. The molecular formula is C8H11NS. The molecule has 0 aliphatic heterocycles. The zero-order valence-corrected chi connectivity index (χ0v) is 7.33. The van der Waals surface area contributed by atoms with Gasteiger partial charge in [-0.15, -0.1) is 0 Å². The number of rotatable bonds is 0. The maximum absolute atomic E-state index is 5.03. The lowest BCUT2D eigenvalue weighted by Crippen LogP contribution is -1.99. The Kier molecular flexibility index (Phi) is 1.90. The summed E-state index contributed by atoms with van der Waals surface area (Å²) in [5, 5.41) is 0. The van der Waals surface area contributed by atoms with Crippen LogP contribution in [0.5, 0.6) is 0 Å². The lowest BCUT2D eigenvalue weighted by Gasteiger charge is -2.06. The van der Waals surface area contributed by atoms with Crippen molar-refractivity contribution in [1.82, 2.24) is 4.57 Å². The molecule has 0 unspecified atom stereocenters. The summed E-state index contributed by atoms with van der Waals surface area (Å²) in [6.45, 7) is 4.12. The first-order valence-electron chi connectivity index (χ1n) is 3.25. The predicted molar refractivity (Wildman–Crippen MR) is 45.7 cm³/mol. The Morgan fingerprint density at radius 1 is 1.20 bits per heavy atom. The maximum atomic E-state index is 5.03. The fourth-order valence-electron chi connectivity index (χ4n) is 0.925. The lowest BCUT2D eigenvalue weighted by atomic mass is 10.3. The molecule has 1 rings (SSSR count). The van der Waals surface area contributed by atoms with Crippen molar-refractivity contribution in [3.05, 3.63) is 28.0 Å². The third kappa shape index (κ3) is 1.27. The van der Waals surface area contributed by atoms with Gasteiger partial charge in [-0.3, -0.25) is 0 Å². The molecule has 0 bridgehead atoms. The van der Waals surface area contributed by atoms with Crippen LogP contribution in [0.25, 0.3) is 0 Å². The first kappa shape index (κ1) is 7.48. The van der Waals surface area contributed by atoms with Gasteiger partial charge in [-0.05, 0) is 26.0 Å². The van der Waals surface area contributed by atoms with E-state index in [1.165, 1.54) is 11.4 Å². The van der Waals surface area contributed by atoms with E-state index in [-0.39, 0.29) is 0 Å². The normalized spacial score (nSPS) is 9.90. The number of hydrogen-bond acceptors (Lipinski definition) is 1. The third-order valence-electron chi connectivity index (χ3n) is 1.76. The zero-order chi connectivity index (χ0) is 7.72. The summed E-state index contributed by atoms with van der Waals surface area (Å²) in [7, 11) is 2.04. The molecule has 0 aliphatic carbocycles. The van der Waals surface area contributed by atoms with Gasteiger partial charge in [0.25, 0.3) is 0 Å². The number of nitrogens with zero attached hydrogens (tertiary/aromatic N) is 1. The second-order valence-electron chi connectivity index (χ2n) is 2.53. The topological polar surface area (TPSA) is 4.93 Å². The molecule has 0 amide bonds. The molecule has 0 saturated heterocycles. The third-order valence-corrected chi connectivity index (χ3v) is 2.00. The Hall–Kier alpha value is -0.630. The van der Waals surface area contributed by atoms with Gasteiger partial charge >= 0.3 is 0 Å². The van der Waals surface area contributed by atoms with Gasteiger partial charge < -0.3 is 4.57 Å². The first-order chi connectivity index (χ1) is 4.61. The van der Waals surface area contributed by atoms with E-state index in [1.807, 2.05) is 19.2 Å². The number of pyridine rings is 1. The van der Waals surface area contributed by atoms with E-state index < -0.39 is 0 Å². The van der Waals surface area contributed by atoms with Crippen LogP contribution in [0, 0.1) is 18.4 Å². The number of hydrogen-bond donors (Lipinski definition) is 0. The molecule has 0 saturated carbocycles. The summed E-state index contributed by atoms with van der Waals surface area (Å²) in [5.74, 6) is 0. The van der Waals surface area contributed by atoms with Crippen molar-refractivity contribution in [2.24, 2.45) is 7.05 Å². The molecule has 2 heteroatoms. The van der Waals surface area contributed by atoms with Crippen molar-refractivity contribution in [2.45, 2.75) is 13.8 Å². The maximum Gasteiger partial charge on any atom is 0.0411 e. The molecule has 1 heterocycles. The Labute approximate surface area is 66.3 Å². The van der Waals surface area contributed by atoms with Gasteiger partial charge in [0, 0.05) is 22.9 Å². The summed E-state index contributed by atoms with van der Waals surface area (Å²) in [4.78, 5) is 0. The molecule has 0 aromatic carbocycles. The molecule has 0 fully saturated rings. The van der Waals surface area contributed by atoms with Crippen LogP contribution in [-0.2, 0) is 7.05 Å². The van der Waals surface area contributed by atoms with Gasteiger partial charge in [0.05, 0.1) is 0 Å². The van der Waals surface area contributed by atoms with Crippen LogP contribution < -0.4 is 0 Å². The monoisotopic (exact) mass is 153 g/mol. The Balaban J connectivity index is 3.46. The molecule has 54 valence electrons. The highest BCUT2D eigenvalue weighted by Crippen LogP contribution is 2.03. The minimum Gasteiger partial charge on any atom is -0.352 e. The van der Waals surface area contributed by atoms with E-state index in [0.717, 1.165) is 4.51 Å². The van der Waals surface area contributed by atoms with Crippen LogP contribution in [-0.4, -0.2) is 4.57 Å². The van der Waals surface area contributed by atoms with Crippen molar-refractivity contribution < 1.29 is 0 Å². The van der Waals surface area contributed by atoms with Gasteiger partial charge in [0.2, 0.25) is 0 Å². The Morgan fingerprint density at radius 2 is 1.60 bits per heavy atom. The van der Waals surface area contributed by atoms with Crippen LogP contribution in [0.3, 0.4) is 0 Å². The van der Waals surface area contributed by atoms with Gasteiger partial charge in [-0.1, -0.05) is 12.2 Å². The molecule has 0 atom stereocenters. The Bertz CT molecular complexity index is 272. The minimum atomic E-state index is 0.924. The highest BCUT2D eigenvalue weighted by molar-refractivity contribution is 7.71. The van der Waals surface area contributed by atoms with Crippen molar-refractivity contribution >= 4 is 12.2 Å². The van der Waals surface area contributed by atoms with Crippen LogP contribution in [0.15, 0.2) is 12.1 Å². The molecule has 10 heavy (non-hydrogen) atoms. The van der Waals surface area contributed by atoms with E-state index in [9.17, 15) is 0 Å². The molecule has 0 aliphatic rings. The van der Waals surface area contributed by atoms with E-state index in [1.54, 1.807) is 0 Å². The van der Waals surface area contributed by atoms with Crippen LogP contribution in [0.2, 0.25) is 0 Å². The molecular weight excluding hydrogens is 142 g/mol. The minimum absolute atomic E-state index is 0.924. The highest BCUT2D eigenvalue weighted by Gasteiger charge is 1.91. The molecule has 1 aromatic rings. The van der Waals surface area contributed by atoms with Gasteiger partial charge in [-0.25, -0.2) is 0 Å². The standard InChI is InChI=1S/C8H11NS/c1-6-4-8(10)5-7(2)9(6)3/h4-5H,1-3H3. The zero-order valence-electron chi connectivity index (χ0n) is 6.51. The molecule has 0 spiro atoms. The average Bonchev–Trinajstić information content (AvgIpc) is 1.82. The van der Waals surface area contributed by atoms with E-state index in [4.69, 9.17) is 12.2 Å². The van der Waals surface area contributed by atoms with E-state index in [2.05, 4.69) is 18.4 Å². The molecule has 0 radical (unpaired) electrons. The Morgan fingerprint density at radius 3 is 2.00 bits per heavy atom. The van der Waals surface area contributed by atoms with Gasteiger partial charge in [0.15, 0.2) is 0 Å². The number of aromatic nitrogens is 1. The SMILES string of the molecule is Cc1cc(=S)cc(C)n1C. The summed E-state index contributed by atoms with van der Waals surface area (Å²) in [5.41, 5.74) is 2.43. The smallest absolute Gasteiger partial charge is 0.0411 e. The largest absolute Gasteiger partial charge is 0.352 e. The fraction of sp³-hybridized carbons (Fsp3) is 0.375. The summed E-state index contributed by atoms with van der Waals surface area (Å²) in [6.07, 6.45) is 0. The van der Waals surface area contributed by atoms with E-state index in [0.29, 0.717) is 0 Å². The quantitative estimate of drug-likeness (QED) is 0.518. The number of aryl methyl sites for hydroxylation is 2. The lowest BCUT2D eigenvalue weighted by molar-refractivity contribution is 0.815. The highest BCUT2D eigenvalue weighted by atomic mass is 32.1. The van der Waals surface area contributed by atoms with Crippen molar-refractivity contribution in [1.29, 1.82) is 0 Å². The predicted octanol–water partition coefficient (Wildman–Crippen LogP) is 2.37. The molecule has 1 aromatic heterocycles. The van der Waals surface area contributed by atoms with Crippen molar-refractivity contribution in [3.8, 4) is 0 Å². The van der Waals surface area contributed by atoms with Crippen LogP contribution >= 0.6 is 12.2 Å². The summed E-state index contributed by atoms with van der Waals surface area (Å²) in [6, 6.07) is 4.00. The molecule has 0 N–H and O–H groups in total. The van der Waals surface area contributed by atoms with Crippen molar-refractivity contribution in [2.75, 3.05) is 0 Å². The van der Waals surface area contributed by atoms with Gasteiger partial charge in [0.1, 0.15) is 0 Å². The van der Waals surface area contributed by atoms with Gasteiger partial charge in [-0.2, -0.15) is 0 Å². The second kappa shape index (κ2) is 2.54. The van der Waals surface area contributed by atoms with Crippen LogP contribution in [0.1, 0.15) is 11.4 Å². The van der Waals surface area contributed by atoms with E-state index >= 15 is 0 Å². The van der Waals surface area contributed by atoms with Crippen molar-refractivity contribution in [3.63, 3.8) is 0 Å². The summed E-state index contributed by atoms with van der Waals surface area (Å²) < 4.78 is 3.04. The van der Waals surface area contributed by atoms with Crippen LogP contribution in [0.4, 0.5) is 0 Å².